The zero-order valence-corrected chi connectivity index (χ0v) is 22.5. The molecule has 3 saturated carbocycles. The minimum atomic E-state index is 0.0420. The first kappa shape index (κ1) is 26.0. The molecule has 3 nitrogen and oxygen atoms in total. The van der Waals surface area contributed by atoms with Crippen molar-refractivity contribution in [3.63, 3.8) is 0 Å². The van der Waals surface area contributed by atoms with Gasteiger partial charge in [-0.25, -0.2) is 0 Å². The van der Waals surface area contributed by atoms with Gasteiger partial charge in [-0.1, -0.05) is 78.2 Å². The lowest BCUT2D eigenvalue weighted by Crippen LogP contribution is -2.54. The smallest absolute Gasteiger partial charge is 0.306 e. The van der Waals surface area contributed by atoms with Crippen molar-refractivity contribution in [2.24, 2.45) is 40.9 Å². The van der Waals surface area contributed by atoms with E-state index in [1.165, 1.54) is 56.9 Å². The number of allylic oxidation sites excluding steroid dienone is 1. The Morgan fingerprint density at radius 2 is 1.68 bits per heavy atom. The summed E-state index contributed by atoms with van der Waals surface area (Å²) in [5.41, 5.74) is 1.57. The van der Waals surface area contributed by atoms with Gasteiger partial charge >= 0.3 is 5.97 Å². The Morgan fingerprint density at radius 3 is 2.41 bits per heavy atom. The van der Waals surface area contributed by atoms with E-state index in [0.717, 1.165) is 38.5 Å². The molecule has 0 aliphatic heterocycles. The summed E-state index contributed by atoms with van der Waals surface area (Å²) in [4.78, 5) is 24.9. The first-order chi connectivity index (χ1) is 16.3. The van der Waals surface area contributed by atoms with Gasteiger partial charge in [0.1, 0.15) is 6.10 Å². The fraction of sp³-hybridized carbons (Fsp3) is 0.871. The van der Waals surface area contributed by atoms with Crippen LogP contribution in [-0.2, 0) is 14.3 Å². The fourth-order valence-corrected chi connectivity index (χ4v) is 8.90. The van der Waals surface area contributed by atoms with Crippen molar-refractivity contribution >= 4 is 11.8 Å². The molecule has 0 aromatic heterocycles. The third kappa shape index (κ3) is 5.34. The second kappa shape index (κ2) is 11.3. The van der Waals surface area contributed by atoms with Crippen LogP contribution < -0.4 is 0 Å². The molecule has 3 heteroatoms. The number of unbranched alkanes of at least 4 members (excludes halogenated alkanes) is 7. The molecule has 0 radical (unpaired) electrons. The van der Waals surface area contributed by atoms with Gasteiger partial charge in [0.05, 0.1) is 0 Å². The van der Waals surface area contributed by atoms with Crippen LogP contribution in [0, 0.1) is 40.9 Å². The molecule has 0 aromatic rings. The molecule has 34 heavy (non-hydrogen) atoms. The van der Waals surface area contributed by atoms with Gasteiger partial charge in [-0.15, -0.1) is 0 Å². The Morgan fingerprint density at radius 1 is 0.971 bits per heavy atom. The Hall–Kier alpha value is -1.12. The first-order valence-electron chi connectivity index (χ1n) is 14.8. The number of ether oxygens (including phenoxy) is 1. The molecule has 0 spiro atoms. The lowest BCUT2D eigenvalue weighted by atomic mass is 9.47. The van der Waals surface area contributed by atoms with E-state index in [9.17, 15) is 9.59 Å². The number of carbonyl (C=O) groups excluding carboxylic acids is 2. The van der Waals surface area contributed by atoms with Crippen molar-refractivity contribution in [2.45, 2.75) is 130 Å². The molecule has 4 aliphatic carbocycles. The Balaban J connectivity index is 1.32. The molecule has 0 bridgehead atoms. The van der Waals surface area contributed by atoms with Gasteiger partial charge in [-0.3, -0.25) is 9.59 Å². The molecule has 3 fully saturated rings. The van der Waals surface area contributed by atoms with E-state index in [0.29, 0.717) is 47.7 Å². The summed E-state index contributed by atoms with van der Waals surface area (Å²) in [5.74, 6) is 4.31. The largest absolute Gasteiger partial charge is 0.462 e. The van der Waals surface area contributed by atoms with Crippen molar-refractivity contribution in [3.05, 3.63) is 11.6 Å². The fourth-order valence-electron chi connectivity index (χ4n) is 8.90. The van der Waals surface area contributed by atoms with Crippen molar-refractivity contribution in [3.8, 4) is 0 Å². The average molecular weight is 471 g/mol. The zero-order valence-electron chi connectivity index (χ0n) is 22.5. The molecule has 4 rings (SSSR count). The molecule has 8 atom stereocenters. The third-order valence-electron chi connectivity index (χ3n) is 10.4. The van der Waals surface area contributed by atoms with Crippen LogP contribution in [-0.4, -0.2) is 17.9 Å². The van der Waals surface area contributed by atoms with Crippen LogP contribution in [0.5, 0.6) is 0 Å². The SMILES string of the molecule is CCCCCCCCCCC(=O)OC1CCC2C3C(C)CC4=CC(=O)CCC4C3C(C)CC12C. The van der Waals surface area contributed by atoms with Crippen molar-refractivity contribution < 1.29 is 14.3 Å². The van der Waals surface area contributed by atoms with Gasteiger partial charge in [-0.05, 0) is 80.1 Å². The normalized spacial score (nSPS) is 39.1. The maximum absolute atomic E-state index is 12.8. The standard InChI is InChI=1S/C31H50O3/c1-5-6-7-8-9-10-11-12-13-28(33)34-27-17-16-26-30-21(2)18-23-19-24(32)14-15-25(23)29(30)22(3)20-31(26,27)4/h19,21-22,25-27,29-30H,5-18,20H2,1-4H3. The van der Waals surface area contributed by atoms with Crippen LogP contribution in [0.1, 0.15) is 124 Å². The third-order valence-corrected chi connectivity index (χ3v) is 10.4. The molecule has 0 heterocycles. The lowest BCUT2D eigenvalue weighted by Gasteiger charge is -2.58. The molecule has 0 aromatic carbocycles. The highest BCUT2D eigenvalue weighted by atomic mass is 16.5. The number of esters is 1. The highest BCUT2D eigenvalue weighted by Gasteiger charge is 2.60. The number of hydrogen-bond donors (Lipinski definition) is 0. The van der Waals surface area contributed by atoms with Crippen LogP contribution in [0.25, 0.3) is 0 Å². The second-order valence-electron chi connectivity index (χ2n) is 12.7. The molecule has 8 unspecified atom stereocenters. The highest BCUT2D eigenvalue weighted by molar-refractivity contribution is 5.91. The minimum absolute atomic E-state index is 0.0420. The Labute approximate surface area is 208 Å². The average Bonchev–Trinajstić information content (AvgIpc) is 3.10. The molecule has 4 aliphatic rings. The van der Waals surface area contributed by atoms with E-state index >= 15 is 0 Å². The minimum Gasteiger partial charge on any atom is -0.462 e. The molecule has 192 valence electrons. The van der Waals surface area contributed by atoms with Gasteiger partial charge in [0, 0.05) is 18.3 Å². The summed E-state index contributed by atoms with van der Waals surface area (Å²) in [6.45, 7) is 9.57. The van der Waals surface area contributed by atoms with E-state index in [1.807, 2.05) is 6.08 Å². The molecule has 0 N–H and O–H groups in total. The lowest BCUT2D eigenvalue weighted by molar-refractivity contribution is -0.162. The van der Waals surface area contributed by atoms with Gasteiger partial charge in [-0.2, -0.15) is 0 Å². The van der Waals surface area contributed by atoms with Crippen molar-refractivity contribution in [1.82, 2.24) is 0 Å². The first-order valence-corrected chi connectivity index (χ1v) is 14.8. The van der Waals surface area contributed by atoms with Crippen LogP contribution in [0.15, 0.2) is 11.6 Å². The summed E-state index contributed by atoms with van der Waals surface area (Å²) < 4.78 is 6.23. The molecule has 0 saturated heterocycles. The number of carbonyl (C=O) groups is 2. The predicted molar refractivity (Wildman–Crippen MR) is 138 cm³/mol. The Bertz CT molecular complexity index is 754. The maximum atomic E-state index is 12.8. The van der Waals surface area contributed by atoms with Gasteiger partial charge < -0.3 is 4.74 Å². The summed E-state index contributed by atoms with van der Waals surface area (Å²) >= 11 is 0. The maximum Gasteiger partial charge on any atom is 0.306 e. The van der Waals surface area contributed by atoms with E-state index in [2.05, 4.69) is 27.7 Å². The van der Waals surface area contributed by atoms with Gasteiger partial charge in [0.25, 0.3) is 0 Å². The number of ketones is 1. The summed E-state index contributed by atoms with van der Waals surface area (Å²) in [6.07, 6.45) is 19.0. The van der Waals surface area contributed by atoms with E-state index in [-0.39, 0.29) is 17.5 Å². The summed E-state index contributed by atoms with van der Waals surface area (Å²) in [7, 11) is 0. The van der Waals surface area contributed by atoms with Crippen LogP contribution in [0.2, 0.25) is 0 Å². The number of rotatable bonds is 10. The van der Waals surface area contributed by atoms with Gasteiger partial charge in [0.15, 0.2) is 5.78 Å². The summed E-state index contributed by atoms with van der Waals surface area (Å²) in [5, 5.41) is 0. The van der Waals surface area contributed by atoms with Crippen molar-refractivity contribution in [1.29, 1.82) is 0 Å². The summed E-state index contributed by atoms with van der Waals surface area (Å²) in [6, 6.07) is 0. The van der Waals surface area contributed by atoms with Crippen molar-refractivity contribution in [2.75, 3.05) is 0 Å². The zero-order chi connectivity index (χ0) is 24.3. The van der Waals surface area contributed by atoms with E-state index < -0.39 is 0 Å². The van der Waals surface area contributed by atoms with E-state index in [4.69, 9.17) is 4.74 Å². The Kier molecular flexibility index (Phi) is 8.62. The number of hydrogen-bond acceptors (Lipinski definition) is 3. The second-order valence-corrected chi connectivity index (χ2v) is 12.7. The van der Waals surface area contributed by atoms with E-state index in [1.54, 1.807) is 0 Å². The molecular weight excluding hydrogens is 420 g/mol. The van der Waals surface area contributed by atoms with Crippen LogP contribution >= 0.6 is 0 Å². The van der Waals surface area contributed by atoms with Gasteiger partial charge in [0.2, 0.25) is 0 Å². The monoisotopic (exact) mass is 470 g/mol. The number of fused-ring (bicyclic) bond motifs is 5. The topological polar surface area (TPSA) is 43.4 Å². The molecule has 0 amide bonds. The quantitative estimate of drug-likeness (QED) is 0.239. The van der Waals surface area contributed by atoms with Crippen LogP contribution in [0.3, 0.4) is 0 Å². The highest BCUT2D eigenvalue weighted by Crippen LogP contribution is 2.65. The van der Waals surface area contributed by atoms with Crippen LogP contribution in [0.4, 0.5) is 0 Å². The molecular formula is C31H50O3. The predicted octanol–water partition coefficient (Wildman–Crippen LogP) is 8.06.